The Morgan fingerprint density at radius 2 is 2.12 bits per heavy atom. The van der Waals surface area contributed by atoms with Crippen molar-refractivity contribution in [3.63, 3.8) is 0 Å². The maximum Gasteiger partial charge on any atom is 0.273 e. The van der Waals surface area contributed by atoms with Crippen molar-refractivity contribution in [1.82, 2.24) is 14.9 Å². The summed E-state index contributed by atoms with van der Waals surface area (Å²) in [5.74, 6) is -0.0411. The third-order valence-electron chi connectivity index (χ3n) is 1.98. The van der Waals surface area contributed by atoms with Gasteiger partial charge in [0.15, 0.2) is 5.69 Å². The van der Waals surface area contributed by atoms with Gasteiger partial charge < -0.3 is 10.4 Å². The van der Waals surface area contributed by atoms with E-state index in [0.717, 1.165) is 17.1 Å². The van der Waals surface area contributed by atoms with Crippen molar-refractivity contribution in [2.24, 2.45) is 0 Å². The largest absolute Gasteiger partial charge is 0.508 e. The average Bonchev–Trinajstić information content (AvgIpc) is 2.81. The van der Waals surface area contributed by atoms with Crippen LogP contribution in [-0.4, -0.2) is 20.6 Å². The lowest BCUT2D eigenvalue weighted by Gasteiger charge is -2.02. The summed E-state index contributed by atoms with van der Waals surface area (Å²) in [5.41, 5.74) is 1.23. The van der Waals surface area contributed by atoms with E-state index in [1.54, 1.807) is 29.6 Å². The van der Waals surface area contributed by atoms with Gasteiger partial charge in [0.1, 0.15) is 5.75 Å². The molecule has 2 aromatic rings. The Labute approximate surface area is 95.9 Å². The summed E-state index contributed by atoms with van der Waals surface area (Å²) in [6.45, 7) is 0.399. The van der Waals surface area contributed by atoms with Crippen LogP contribution in [0.3, 0.4) is 0 Å². The van der Waals surface area contributed by atoms with E-state index in [4.69, 9.17) is 5.11 Å². The molecule has 0 saturated heterocycles. The van der Waals surface area contributed by atoms with E-state index in [-0.39, 0.29) is 11.7 Å². The molecule has 0 aliphatic carbocycles. The van der Waals surface area contributed by atoms with Crippen LogP contribution >= 0.6 is 11.5 Å². The van der Waals surface area contributed by atoms with Crippen molar-refractivity contribution in [2.75, 3.05) is 0 Å². The Morgan fingerprint density at radius 1 is 1.38 bits per heavy atom. The molecule has 0 fully saturated rings. The van der Waals surface area contributed by atoms with E-state index in [1.165, 1.54) is 0 Å². The molecule has 6 heteroatoms. The third-order valence-corrected chi connectivity index (χ3v) is 2.49. The Kier molecular flexibility index (Phi) is 3.11. The number of benzene rings is 1. The highest BCUT2D eigenvalue weighted by Gasteiger charge is 2.07. The van der Waals surface area contributed by atoms with Gasteiger partial charge in [0, 0.05) is 11.9 Å². The van der Waals surface area contributed by atoms with Crippen LogP contribution in [0.4, 0.5) is 0 Å². The van der Waals surface area contributed by atoms with Crippen LogP contribution in [0.2, 0.25) is 0 Å². The second kappa shape index (κ2) is 4.71. The van der Waals surface area contributed by atoms with E-state index in [9.17, 15) is 4.79 Å². The van der Waals surface area contributed by atoms with Crippen LogP contribution in [0.1, 0.15) is 16.1 Å². The molecule has 5 nitrogen and oxygen atoms in total. The zero-order chi connectivity index (χ0) is 11.4. The minimum absolute atomic E-state index is 0.207. The highest BCUT2D eigenvalue weighted by molar-refractivity contribution is 7.03. The van der Waals surface area contributed by atoms with Crippen LogP contribution in [0.25, 0.3) is 0 Å². The van der Waals surface area contributed by atoms with Gasteiger partial charge in [-0.2, -0.15) is 0 Å². The summed E-state index contributed by atoms with van der Waals surface area (Å²) >= 11 is 1.14. The van der Waals surface area contributed by atoms with Crippen LogP contribution in [-0.2, 0) is 6.54 Å². The number of nitrogens with one attached hydrogen (secondary N) is 1. The predicted molar refractivity (Wildman–Crippen MR) is 59.2 cm³/mol. The van der Waals surface area contributed by atoms with Gasteiger partial charge in [-0.15, -0.1) is 5.10 Å². The van der Waals surface area contributed by atoms with Crippen molar-refractivity contribution < 1.29 is 9.90 Å². The lowest BCUT2D eigenvalue weighted by Crippen LogP contribution is -2.23. The zero-order valence-electron chi connectivity index (χ0n) is 8.25. The first-order chi connectivity index (χ1) is 7.75. The lowest BCUT2D eigenvalue weighted by molar-refractivity contribution is 0.0946. The summed E-state index contributed by atoms with van der Waals surface area (Å²) in [7, 11) is 0. The van der Waals surface area contributed by atoms with Gasteiger partial charge in [-0.05, 0) is 29.2 Å². The minimum Gasteiger partial charge on any atom is -0.508 e. The Bertz CT molecular complexity index is 467. The lowest BCUT2D eigenvalue weighted by atomic mass is 10.2. The fraction of sp³-hybridized carbons (Fsp3) is 0.100. The van der Waals surface area contributed by atoms with E-state index in [2.05, 4.69) is 14.9 Å². The average molecular weight is 235 g/mol. The molecule has 0 spiro atoms. The molecule has 0 unspecified atom stereocenters. The van der Waals surface area contributed by atoms with E-state index >= 15 is 0 Å². The van der Waals surface area contributed by atoms with Crippen LogP contribution in [0.15, 0.2) is 29.6 Å². The summed E-state index contributed by atoms with van der Waals surface area (Å²) in [4.78, 5) is 11.5. The van der Waals surface area contributed by atoms with Crippen molar-refractivity contribution in [2.45, 2.75) is 6.54 Å². The van der Waals surface area contributed by atoms with E-state index in [1.807, 2.05) is 0 Å². The molecular weight excluding hydrogens is 226 g/mol. The van der Waals surface area contributed by atoms with Gasteiger partial charge in [0.25, 0.3) is 5.91 Å². The number of phenols is 1. The highest BCUT2D eigenvalue weighted by atomic mass is 32.1. The molecule has 0 aliphatic rings. The SMILES string of the molecule is O=C(NCc1ccc(O)cc1)c1csnn1. The molecule has 0 atom stereocenters. The van der Waals surface area contributed by atoms with Gasteiger partial charge in [0.05, 0.1) is 0 Å². The monoisotopic (exact) mass is 235 g/mol. The third kappa shape index (κ3) is 2.54. The number of aromatic hydroxyl groups is 1. The number of phenolic OH excluding ortho intramolecular Hbond substituents is 1. The molecule has 1 heterocycles. The van der Waals surface area contributed by atoms with E-state index < -0.39 is 0 Å². The fourth-order valence-electron chi connectivity index (χ4n) is 1.15. The Balaban J connectivity index is 1.93. The number of carbonyl (C=O) groups excluding carboxylic acids is 1. The number of carbonyl (C=O) groups is 1. The molecule has 2 N–H and O–H groups in total. The molecule has 82 valence electrons. The standard InChI is InChI=1S/C10H9N3O2S/c14-8-3-1-7(2-4-8)5-11-10(15)9-6-16-13-12-9/h1-4,6,14H,5H2,(H,11,15). The molecule has 16 heavy (non-hydrogen) atoms. The Morgan fingerprint density at radius 3 is 2.75 bits per heavy atom. The van der Waals surface area contributed by atoms with Gasteiger partial charge in [-0.1, -0.05) is 16.6 Å². The number of amides is 1. The summed E-state index contributed by atoms with van der Waals surface area (Å²) in [5, 5.41) is 17.0. The summed E-state index contributed by atoms with van der Waals surface area (Å²) in [6.07, 6.45) is 0. The quantitative estimate of drug-likeness (QED) is 0.837. The normalized spacial score (nSPS) is 10.0. The molecule has 0 saturated carbocycles. The molecule has 0 aliphatic heterocycles. The van der Waals surface area contributed by atoms with Gasteiger partial charge in [-0.25, -0.2) is 0 Å². The number of hydrogen-bond donors (Lipinski definition) is 2. The van der Waals surface area contributed by atoms with Crippen molar-refractivity contribution in [1.29, 1.82) is 0 Å². The Hall–Kier alpha value is -1.95. The molecular formula is C10H9N3O2S. The molecule has 1 amide bonds. The first-order valence-electron chi connectivity index (χ1n) is 4.59. The number of aromatic nitrogens is 2. The second-order valence-corrected chi connectivity index (χ2v) is 3.75. The smallest absolute Gasteiger partial charge is 0.273 e. The van der Waals surface area contributed by atoms with Crippen LogP contribution in [0.5, 0.6) is 5.75 Å². The summed E-state index contributed by atoms with van der Waals surface area (Å²) < 4.78 is 3.61. The predicted octanol–water partition coefficient (Wildman–Crippen LogP) is 1.17. The number of hydrogen-bond acceptors (Lipinski definition) is 5. The highest BCUT2D eigenvalue weighted by Crippen LogP contribution is 2.09. The summed E-state index contributed by atoms with van der Waals surface area (Å²) in [6, 6.07) is 6.64. The topological polar surface area (TPSA) is 75.1 Å². The van der Waals surface area contributed by atoms with Gasteiger partial charge in [-0.3, -0.25) is 4.79 Å². The number of rotatable bonds is 3. The molecule has 0 radical (unpaired) electrons. The van der Waals surface area contributed by atoms with Crippen molar-refractivity contribution in [3.05, 3.63) is 40.9 Å². The molecule has 2 rings (SSSR count). The first-order valence-corrected chi connectivity index (χ1v) is 5.42. The van der Waals surface area contributed by atoms with Crippen LogP contribution < -0.4 is 5.32 Å². The fourth-order valence-corrected chi connectivity index (χ4v) is 1.59. The molecule has 1 aromatic heterocycles. The van der Waals surface area contributed by atoms with Gasteiger partial charge in [0.2, 0.25) is 0 Å². The zero-order valence-corrected chi connectivity index (χ0v) is 9.07. The van der Waals surface area contributed by atoms with E-state index in [0.29, 0.717) is 12.2 Å². The number of nitrogens with zero attached hydrogens (tertiary/aromatic N) is 2. The maximum atomic E-state index is 11.5. The first kappa shape index (κ1) is 10.6. The van der Waals surface area contributed by atoms with Crippen molar-refractivity contribution in [3.8, 4) is 5.75 Å². The molecule has 1 aromatic carbocycles. The maximum absolute atomic E-state index is 11.5. The van der Waals surface area contributed by atoms with Gasteiger partial charge >= 0.3 is 0 Å². The second-order valence-electron chi connectivity index (χ2n) is 3.14. The minimum atomic E-state index is -0.248. The van der Waals surface area contributed by atoms with Crippen molar-refractivity contribution >= 4 is 17.4 Å². The molecule has 0 bridgehead atoms. The van der Waals surface area contributed by atoms with Crippen LogP contribution in [0, 0.1) is 0 Å².